The summed E-state index contributed by atoms with van der Waals surface area (Å²) in [6.45, 7) is 4.24. The molecule has 0 saturated carbocycles. The number of nitrogens with zero attached hydrogens (tertiary/aromatic N) is 1. The van der Waals surface area contributed by atoms with Crippen LogP contribution in [-0.4, -0.2) is 50.7 Å². The standard InChI is InChI=1S/C29H32FN3O6/c1-29(2,39-22-12-10-20(11-13-22)27(35)38-4)18-32-17-21(34)15-19-9-14-25(26(16-19)37-3)33(28(31)36)24-8-6-5-7-23(24)30/h5-14,16,32H,15,17-18H2,1-4H3,(H2,31,36). The molecular weight excluding hydrogens is 505 g/mol. The second kappa shape index (κ2) is 12.9. The summed E-state index contributed by atoms with van der Waals surface area (Å²) in [5.41, 5.74) is 6.23. The zero-order valence-corrected chi connectivity index (χ0v) is 22.3. The van der Waals surface area contributed by atoms with Gasteiger partial charge in [0.2, 0.25) is 0 Å². The molecule has 0 aromatic heterocycles. The Morgan fingerprint density at radius 2 is 1.67 bits per heavy atom. The van der Waals surface area contributed by atoms with Gasteiger partial charge in [0, 0.05) is 13.0 Å². The molecule has 0 saturated heterocycles. The van der Waals surface area contributed by atoms with E-state index in [0.29, 0.717) is 23.4 Å². The first-order valence-electron chi connectivity index (χ1n) is 12.2. The first kappa shape index (κ1) is 29.1. The fourth-order valence-corrected chi connectivity index (χ4v) is 3.94. The Bertz CT molecular complexity index is 1330. The van der Waals surface area contributed by atoms with Gasteiger partial charge in [-0.25, -0.2) is 14.0 Å². The van der Waals surface area contributed by atoms with Crippen LogP contribution in [0, 0.1) is 5.82 Å². The number of hydrogen-bond acceptors (Lipinski definition) is 7. The van der Waals surface area contributed by atoms with Crippen LogP contribution in [0.5, 0.6) is 11.5 Å². The molecule has 0 atom stereocenters. The molecule has 10 heteroatoms. The number of ether oxygens (including phenoxy) is 3. The Morgan fingerprint density at radius 1 is 0.974 bits per heavy atom. The lowest BCUT2D eigenvalue weighted by atomic mass is 10.1. The Labute approximate surface area is 226 Å². The van der Waals surface area contributed by atoms with E-state index in [1.807, 2.05) is 13.8 Å². The lowest BCUT2D eigenvalue weighted by Gasteiger charge is -2.27. The van der Waals surface area contributed by atoms with Gasteiger partial charge in [0.1, 0.15) is 22.9 Å². The van der Waals surface area contributed by atoms with Crippen LogP contribution in [0.4, 0.5) is 20.6 Å². The number of para-hydroxylation sites is 1. The van der Waals surface area contributed by atoms with Gasteiger partial charge in [0.25, 0.3) is 0 Å². The van der Waals surface area contributed by atoms with Crippen LogP contribution in [-0.2, 0) is 16.0 Å². The molecule has 0 aliphatic rings. The quantitative estimate of drug-likeness (QED) is 0.329. The second-order valence-corrected chi connectivity index (χ2v) is 9.33. The predicted octanol–water partition coefficient (Wildman–Crippen LogP) is 4.40. The first-order valence-corrected chi connectivity index (χ1v) is 12.2. The number of Topliss-reactive ketones (excluding diaryl/α,β-unsaturated/α-hetero) is 1. The highest BCUT2D eigenvalue weighted by Gasteiger charge is 2.23. The van der Waals surface area contributed by atoms with Gasteiger partial charge in [-0.05, 0) is 67.9 Å². The Balaban J connectivity index is 1.60. The smallest absolute Gasteiger partial charge is 0.337 e. The lowest BCUT2D eigenvalue weighted by molar-refractivity contribution is -0.117. The molecule has 0 aliphatic heterocycles. The summed E-state index contributed by atoms with van der Waals surface area (Å²) in [4.78, 5) is 37.4. The number of carbonyl (C=O) groups is 3. The number of nitrogens with one attached hydrogen (secondary N) is 1. The van der Waals surface area contributed by atoms with Crippen molar-refractivity contribution in [3.8, 4) is 11.5 Å². The number of primary amides is 1. The highest BCUT2D eigenvalue weighted by Crippen LogP contribution is 2.35. The third-order valence-electron chi connectivity index (χ3n) is 5.74. The number of hydrogen-bond donors (Lipinski definition) is 2. The number of anilines is 2. The topological polar surface area (TPSA) is 120 Å². The number of nitrogens with two attached hydrogens (primary N) is 1. The van der Waals surface area contributed by atoms with Crippen LogP contribution in [0.3, 0.4) is 0 Å². The van der Waals surface area contributed by atoms with E-state index in [0.717, 1.165) is 4.90 Å². The molecule has 0 spiro atoms. The summed E-state index contributed by atoms with van der Waals surface area (Å²) in [6, 6.07) is 16.3. The molecule has 9 nitrogen and oxygen atoms in total. The van der Waals surface area contributed by atoms with Crippen molar-refractivity contribution in [3.05, 3.63) is 83.7 Å². The monoisotopic (exact) mass is 537 g/mol. The average Bonchev–Trinajstić information content (AvgIpc) is 2.90. The van der Waals surface area contributed by atoms with Gasteiger partial charge in [-0.1, -0.05) is 18.2 Å². The molecule has 0 unspecified atom stereocenters. The van der Waals surface area contributed by atoms with E-state index in [1.54, 1.807) is 48.5 Å². The van der Waals surface area contributed by atoms with Gasteiger partial charge in [0.05, 0.1) is 37.7 Å². The van der Waals surface area contributed by atoms with Crippen LogP contribution < -0.4 is 25.4 Å². The van der Waals surface area contributed by atoms with Crippen molar-refractivity contribution in [3.63, 3.8) is 0 Å². The zero-order chi connectivity index (χ0) is 28.6. The number of carbonyl (C=O) groups excluding carboxylic acids is 3. The van der Waals surface area contributed by atoms with E-state index in [2.05, 4.69) is 5.32 Å². The molecule has 3 aromatic rings. The van der Waals surface area contributed by atoms with Crippen molar-refractivity contribution in [2.75, 3.05) is 32.2 Å². The molecule has 206 valence electrons. The van der Waals surface area contributed by atoms with E-state index in [4.69, 9.17) is 19.9 Å². The summed E-state index contributed by atoms with van der Waals surface area (Å²) < 4.78 is 30.5. The molecule has 3 rings (SSSR count). The van der Waals surface area contributed by atoms with Crippen LogP contribution in [0.1, 0.15) is 29.8 Å². The third-order valence-corrected chi connectivity index (χ3v) is 5.74. The number of urea groups is 1. The summed E-state index contributed by atoms with van der Waals surface area (Å²) >= 11 is 0. The highest BCUT2D eigenvalue weighted by molar-refractivity contribution is 6.00. The number of methoxy groups -OCH3 is 2. The van der Waals surface area contributed by atoms with Crippen LogP contribution in [0.25, 0.3) is 0 Å². The number of halogens is 1. The largest absolute Gasteiger partial charge is 0.495 e. The maximum absolute atomic E-state index is 14.4. The molecule has 0 heterocycles. The van der Waals surface area contributed by atoms with E-state index >= 15 is 0 Å². The summed E-state index contributed by atoms with van der Waals surface area (Å²) in [5.74, 6) is -0.280. The van der Waals surface area contributed by atoms with Crippen molar-refractivity contribution < 1.29 is 33.0 Å². The van der Waals surface area contributed by atoms with Gasteiger partial charge in [-0.15, -0.1) is 0 Å². The first-order chi connectivity index (χ1) is 18.5. The average molecular weight is 538 g/mol. The van der Waals surface area contributed by atoms with Gasteiger partial charge >= 0.3 is 12.0 Å². The number of benzene rings is 3. The minimum Gasteiger partial charge on any atom is -0.495 e. The van der Waals surface area contributed by atoms with Crippen molar-refractivity contribution in [1.29, 1.82) is 0 Å². The molecule has 2 amide bonds. The number of amides is 2. The summed E-state index contributed by atoms with van der Waals surface area (Å²) in [5, 5.41) is 3.11. The molecule has 3 aromatic carbocycles. The molecule has 0 radical (unpaired) electrons. The van der Waals surface area contributed by atoms with E-state index in [9.17, 15) is 18.8 Å². The molecule has 39 heavy (non-hydrogen) atoms. The number of rotatable bonds is 12. The van der Waals surface area contributed by atoms with Crippen molar-refractivity contribution in [2.24, 2.45) is 5.73 Å². The number of esters is 1. The van der Waals surface area contributed by atoms with Gasteiger partial charge in [0.15, 0.2) is 5.78 Å². The van der Waals surface area contributed by atoms with Crippen molar-refractivity contribution in [2.45, 2.75) is 25.9 Å². The number of ketones is 1. The highest BCUT2D eigenvalue weighted by atomic mass is 19.1. The third kappa shape index (κ3) is 7.78. The fourth-order valence-electron chi connectivity index (χ4n) is 3.94. The minimum atomic E-state index is -0.879. The van der Waals surface area contributed by atoms with Gasteiger partial charge in [-0.3, -0.25) is 9.69 Å². The van der Waals surface area contributed by atoms with Gasteiger partial charge < -0.3 is 25.3 Å². The molecule has 0 fully saturated rings. The minimum absolute atomic E-state index is 0.0134. The molecule has 3 N–H and O–H groups in total. The zero-order valence-electron chi connectivity index (χ0n) is 22.3. The maximum atomic E-state index is 14.4. The van der Waals surface area contributed by atoms with Gasteiger partial charge in [-0.2, -0.15) is 0 Å². The van der Waals surface area contributed by atoms with E-state index < -0.39 is 23.4 Å². The van der Waals surface area contributed by atoms with E-state index in [1.165, 1.54) is 32.4 Å². The normalized spacial score (nSPS) is 11.0. The summed E-state index contributed by atoms with van der Waals surface area (Å²) in [6.07, 6.45) is 0.107. The predicted molar refractivity (Wildman–Crippen MR) is 145 cm³/mol. The van der Waals surface area contributed by atoms with Crippen LogP contribution in [0.2, 0.25) is 0 Å². The van der Waals surface area contributed by atoms with Crippen molar-refractivity contribution in [1.82, 2.24) is 5.32 Å². The molecule has 0 aliphatic carbocycles. The second-order valence-electron chi connectivity index (χ2n) is 9.33. The summed E-state index contributed by atoms with van der Waals surface area (Å²) in [7, 11) is 2.73. The Kier molecular flexibility index (Phi) is 9.62. The molecular formula is C29H32FN3O6. The fraction of sp³-hybridized carbons (Fsp3) is 0.276. The SMILES string of the molecule is COC(=O)c1ccc(OC(C)(C)CNCC(=O)Cc2ccc(N(C(N)=O)c3ccccc3F)c(OC)c2)cc1. The van der Waals surface area contributed by atoms with Crippen molar-refractivity contribution >= 4 is 29.2 Å². The Hall–Kier alpha value is -4.44. The maximum Gasteiger partial charge on any atom is 0.337 e. The van der Waals surface area contributed by atoms with E-state index in [-0.39, 0.29) is 35.9 Å². The van der Waals surface area contributed by atoms with Crippen LogP contribution in [0.15, 0.2) is 66.7 Å². The lowest BCUT2D eigenvalue weighted by Crippen LogP contribution is -2.42. The van der Waals surface area contributed by atoms with Crippen LogP contribution >= 0.6 is 0 Å². The Morgan fingerprint density at radius 3 is 2.28 bits per heavy atom. The molecule has 0 bridgehead atoms.